The molecule has 0 saturated carbocycles. The molecule has 0 bridgehead atoms. The van der Waals surface area contributed by atoms with Crippen LogP contribution in [0.2, 0.25) is 5.02 Å². The van der Waals surface area contributed by atoms with Gasteiger partial charge >= 0.3 is 12.2 Å². The molecule has 10 nitrogen and oxygen atoms in total. The molecule has 4 amide bonds. The van der Waals surface area contributed by atoms with Gasteiger partial charge in [0, 0.05) is 31.3 Å². The fourth-order valence-electron chi connectivity index (χ4n) is 5.42. The number of likely N-dealkylation sites (tertiary alicyclic amines) is 1. The second-order valence-corrected chi connectivity index (χ2v) is 10.7. The molecule has 0 aliphatic carbocycles. The topological polar surface area (TPSA) is 128 Å². The van der Waals surface area contributed by atoms with Crippen LogP contribution >= 0.6 is 11.6 Å². The zero-order valence-corrected chi connectivity index (χ0v) is 23.4. The molecule has 1 fully saturated rings. The van der Waals surface area contributed by atoms with Gasteiger partial charge in [-0.1, -0.05) is 41.9 Å². The van der Waals surface area contributed by atoms with Crippen molar-refractivity contribution in [1.82, 2.24) is 10.2 Å². The molecule has 1 saturated heterocycles. The van der Waals surface area contributed by atoms with Crippen LogP contribution in [0, 0.1) is 5.82 Å². The second kappa shape index (κ2) is 11.7. The SMILES string of the molecule is CN(C(=O)O)c1ccc(C(=O)N[C@@H](Cc2ccccc2)C(=O)N2CCCC3(C2)OC(=O)Nc2ccc(Cl)c(F)c23)cc1. The maximum Gasteiger partial charge on any atom is 0.412 e. The Kier molecular flexibility index (Phi) is 8.04. The highest BCUT2D eigenvalue weighted by Gasteiger charge is 2.49. The zero-order valence-electron chi connectivity index (χ0n) is 22.6. The number of carbonyl (C=O) groups is 4. The van der Waals surface area contributed by atoms with Crippen LogP contribution < -0.4 is 15.5 Å². The number of hydrogen-bond donors (Lipinski definition) is 3. The van der Waals surface area contributed by atoms with Gasteiger partial charge in [-0.2, -0.15) is 0 Å². The maximum atomic E-state index is 15.3. The molecule has 1 unspecified atom stereocenters. The fourth-order valence-corrected chi connectivity index (χ4v) is 5.58. The Morgan fingerprint density at radius 3 is 2.55 bits per heavy atom. The van der Waals surface area contributed by atoms with Gasteiger partial charge in [0.25, 0.3) is 5.91 Å². The van der Waals surface area contributed by atoms with Crippen LogP contribution in [0.5, 0.6) is 0 Å². The van der Waals surface area contributed by atoms with Crippen LogP contribution in [0.4, 0.5) is 25.4 Å². The van der Waals surface area contributed by atoms with Crippen molar-refractivity contribution in [3.63, 3.8) is 0 Å². The maximum absolute atomic E-state index is 15.3. The number of hydrogen-bond acceptors (Lipinski definition) is 5. The van der Waals surface area contributed by atoms with E-state index in [2.05, 4.69) is 10.6 Å². The Morgan fingerprint density at radius 1 is 1.14 bits per heavy atom. The molecule has 12 heteroatoms. The van der Waals surface area contributed by atoms with Crippen molar-refractivity contribution < 1.29 is 33.4 Å². The quantitative estimate of drug-likeness (QED) is 0.368. The predicted molar refractivity (Wildman–Crippen MR) is 153 cm³/mol. The largest absolute Gasteiger partial charge is 0.465 e. The van der Waals surface area contributed by atoms with E-state index in [1.807, 2.05) is 30.3 Å². The molecule has 218 valence electrons. The number of benzene rings is 3. The number of piperidine rings is 1. The van der Waals surface area contributed by atoms with E-state index in [9.17, 15) is 24.3 Å². The van der Waals surface area contributed by atoms with Gasteiger partial charge in [-0.3, -0.25) is 19.8 Å². The minimum atomic E-state index is -1.45. The van der Waals surface area contributed by atoms with E-state index in [-0.39, 0.29) is 41.2 Å². The molecule has 2 aliphatic heterocycles. The van der Waals surface area contributed by atoms with Crippen LogP contribution in [-0.4, -0.2) is 60.2 Å². The molecule has 42 heavy (non-hydrogen) atoms. The Hall–Kier alpha value is -4.64. The highest BCUT2D eigenvalue weighted by molar-refractivity contribution is 6.31. The lowest BCUT2D eigenvalue weighted by Crippen LogP contribution is -2.57. The van der Waals surface area contributed by atoms with E-state index in [1.165, 1.54) is 48.3 Å². The van der Waals surface area contributed by atoms with Crippen LogP contribution in [0.25, 0.3) is 0 Å². The van der Waals surface area contributed by atoms with Crippen LogP contribution in [-0.2, 0) is 21.6 Å². The van der Waals surface area contributed by atoms with Gasteiger partial charge in [-0.05, 0) is 54.8 Å². The third-order valence-corrected chi connectivity index (χ3v) is 7.82. The molecule has 3 aromatic rings. The van der Waals surface area contributed by atoms with E-state index < -0.39 is 41.5 Å². The number of nitrogens with zero attached hydrogens (tertiary/aromatic N) is 2. The van der Waals surface area contributed by atoms with E-state index in [0.29, 0.717) is 18.7 Å². The standard InChI is InChI=1S/C30H28ClFN4O6/c1-35(29(40)41)20-10-8-19(9-11-20)26(37)33-23(16-18-6-3-2-4-7-18)27(38)36-15-5-14-30(17-36)24-22(34-28(39)42-30)13-12-21(31)25(24)32/h2-4,6-13,23H,5,14-17H2,1H3,(H,33,37)(H,34,39)(H,40,41)/t23-,30?/m0/s1. The smallest absolute Gasteiger partial charge is 0.412 e. The summed E-state index contributed by atoms with van der Waals surface area (Å²) in [7, 11) is 1.38. The van der Waals surface area contributed by atoms with Gasteiger partial charge in [-0.25, -0.2) is 14.0 Å². The number of carbonyl (C=O) groups excluding carboxylic acids is 3. The van der Waals surface area contributed by atoms with Crippen molar-refractivity contribution in [2.24, 2.45) is 0 Å². The molecule has 2 aliphatic rings. The van der Waals surface area contributed by atoms with Crippen molar-refractivity contribution in [1.29, 1.82) is 0 Å². The molecule has 3 aromatic carbocycles. The van der Waals surface area contributed by atoms with E-state index in [1.54, 1.807) is 0 Å². The summed E-state index contributed by atoms with van der Waals surface area (Å²) in [5, 5.41) is 14.4. The van der Waals surface area contributed by atoms with Gasteiger partial charge in [0.2, 0.25) is 5.91 Å². The average Bonchev–Trinajstić information content (AvgIpc) is 2.98. The summed E-state index contributed by atoms with van der Waals surface area (Å²) in [6.45, 7) is 0.182. The summed E-state index contributed by atoms with van der Waals surface area (Å²) < 4.78 is 21.0. The third kappa shape index (κ3) is 5.73. The number of amides is 4. The number of rotatable bonds is 6. The lowest BCUT2D eigenvalue weighted by Gasteiger charge is -2.45. The van der Waals surface area contributed by atoms with Gasteiger partial charge in [0.15, 0.2) is 11.4 Å². The summed E-state index contributed by atoms with van der Waals surface area (Å²) in [6, 6.07) is 16.9. The predicted octanol–water partition coefficient (Wildman–Crippen LogP) is 5.01. The highest BCUT2D eigenvalue weighted by atomic mass is 35.5. The molecule has 2 atom stereocenters. The Balaban J connectivity index is 1.42. The first-order chi connectivity index (χ1) is 20.1. The first kappa shape index (κ1) is 28.9. The van der Waals surface area contributed by atoms with E-state index in [0.717, 1.165) is 10.5 Å². The van der Waals surface area contributed by atoms with Gasteiger partial charge in [0.05, 0.1) is 22.8 Å². The lowest BCUT2D eigenvalue weighted by atomic mass is 9.82. The molecule has 5 rings (SSSR count). The van der Waals surface area contributed by atoms with Crippen LogP contribution in [0.15, 0.2) is 66.7 Å². The first-order valence-corrected chi connectivity index (χ1v) is 13.6. The molecule has 0 aromatic heterocycles. The van der Waals surface area contributed by atoms with Crippen molar-refractivity contribution >= 4 is 47.0 Å². The van der Waals surface area contributed by atoms with Gasteiger partial charge in [0.1, 0.15) is 6.04 Å². The van der Waals surface area contributed by atoms with Crippen molar-refractivity contribution in [3.8, 4) is 0 Å². The van der Waals surface area contributed by atoms with E-state index >= 15 is 4.39 Å². The Bertz CT molecular complexity index is 1540. The third-order valence-electron chi connectivity index (χ3n) is 7.53. The summed E-state index contributed by atoms with van der Waals surface area (Å²) >= 11 is 6.08. The summed E-state index contributed by atoms with van der Waals surface area (Å²) in [6.07, 6.45) is -1.04. The fraction of sp³-hybridized carbons (Fsp3) is 0.267. The summed E-state index contributed by atoms with van der Waals surface area (Å²) in [5.41, 5.74) is 0.275. The van der Waals surface area contributed by atoms with Crippen molar-refractivity contribution in [3.05, 3.63) is 94.3 Å². The number of carboxylic acid groups (broad SMARTS) is 1. The Labute approximate surface area is 246 Å². The Morgan fingerprint density at radius 2 is 1.86 bits per heavy atom. The summed E-state index contributed by atoms with van der Waals surface area (Å²) in [5.74, 6) is -1.68. The number of nitrogens with one attached hydrogen (secondary N) is 2. The minimum Gasteiger partial charge on any atom is -0.465 e. The minimum absolute atomic E-state index is 0.0853. The normalized spacial score (nSPS) is 18.4. The number of ether oxygens (including phenoxy) is 1. The molecular formula is C30H28ClFN4O6. The second-order valence-electron chi connectivity index (χ2n) is 10.3. The molecule has 1 spiro atoms. The molecular weight excluding hydrogens is 567 g/mol. The molecule has 3 N–H and O–H groups in total. The summed E-state index contributed by atoms with van der Waals surface area (Å²) in [4.78, 5) is 53.5. The first-order valence-electron chi connectivity index (χ1n) is 13.3. The van der Waals surface area contributed by atoms with Crippen LogP contribution in [0.1, 0.15) is 34.3 Å². The number of anilines is 2. The van der Waals surface area contributed by atoms with Crippen LogP contribution in [0.3, 0.4) is 0 Å². The molecule has 0 radical (unpaired) electrons. The monoisotopic (exact) mass is 594 g/mol. The van der Waals surface area contributed by atoms with Gasteiger partial charge < -0.3 is 20.1 Å². The number of fused-ring (bicyclic) bond motifs is 2. The average molecular weight is 595 g/mol. The molecule has 2 heterocycles. The van der Waals surface area contributed by atoms with Gasteiger partial charge in [-0.15, -0.1) is 0 Å². The van der Waals surface area contributed by atoms with E-state index in [4.69, 9.17) is 16.3 Å². The van der Waals surface area contributed by atoms with Crippen molar-refractivity contribution in [2.75, 3.05) is 30.4 Å². The highest BCUT2D eigenvalue weighted by Crippen LogP contribution is 2.45. The lowest BCUT2D eigenvalue weighted by molar-refractivity contribution is -0.141. The number of halogens is 2. The zero-order chi connectivity index (χ0) is 30.0. The van der Waals surface area contributed by atoms with Crippen molar-refractivity contribution in [2.45, 2.75) is 30.9 Å².